The summed E-state index contributed by atoms with van der Waals surface area (Å²) in [7, 11) is 0. The van der Waals surface area contributed by atoms with Crippen molar-refractivity contribution in [3.8, 4) is 56.3 Å². The normalized spacial score (nSPS) is 11.0. The van der Waals surface area contributed by atoms with Crippen LogP contribution in [-0.4, -0.2) is 19.9 Å². The molecule has 188 valence electrons. The van der Waals surface area contributed by atoms with Gasteiger partial charge in [0.25, 0.3) is 0 Å². The standard InChI is InChI=1S/C36H24N4/c1-4-11-25(12-5-1)28-17-18-32-33(24-28)39-36(40-34(32)27-15-8-3-9-16-27)31-22-29(26-13-6-2-7-14-26)21-30(23-31)35-37-19-10-20-38-35/h1-24H. The average molecular weight is 513 g/mol. The molecule has 2 aromatic heterocycles. The van der Waals surface area contributed by atoms with Crippen LogP contribution in [0.25, 0.3) is 67.2 Å². The van der Waals surface area contributed by atoms with Gasteiger partial charge in [0, 0.05) is 34.5 Å². The predicted octanol–water partition coefficient (Wildman–Crippen LogP) is 8.75. The number of nitrogens with zero attached hydrogens (tertiary/aromatic N) is 4. The van der Waals surface area contributed by atoms with Crippen LogP contribution in [0.1, 0.15) is 0 Å². The van der Waals surface area contributed by atoms with E-state index in [-0.39, 0.29) is 0 Å². The fourth-order valence-electron chi connectivity index (χ4n) is 5.02. The molecule has 4 heteroatoms. The minimum Gasteiger partial charge on any atom is -0.237 e. The van der Waals surface area contributed by atoms with Crippen LogP contribution < -0.4 is 0 Å². The van der Waals surface area contributed by atoms with E-state index in [1.54, 1.807) is 12.4 Å². The Bertz CT molecular complexity index is 1860. The Morgan fingerprint density at radius 2 is 0.900 bits per heavy atom. The number of hydrogen-bond donors (Lipinski definition) is 0. The summed E-state index contributed by atoms with van der Waals surface area (Å²) in [4.78, 5) is 19.4. The Hall–Kier alpha value is -5.48. The van der Waals surface area contributed by atoms with Crippen molar-refractivity contribution in [1.82, 2.24) is 19.9 Å². The molecule has 4 nitrogen and oxygen atoms in total. The maximum Gasteiger partial charge on any atom is 0.160 e. The Kier molecular flexibility index (Phi) is 6.11. The summed E-state index contributed by atoms with van der Waals surface area (Å²) in [5.74, 6) is 1.32. The lowest BCUT2D eigenvalue weighted by atomic mass is 9.98. The van der Waals surface area contributed by atoms with Crippen molar-refractivity contribution in [3.63, 3.8) is 0 Å². The quantitative estimate of drug-likeness (QED) is 0.231. The van der Waals surface area contributed by atoms with Crippen LogP contribution in [0.3, 0.4) is 0 Å². The summed E-state index contributed by atoms with van der Waals surface area (Å²) >= 11 is 0. The molecule has 0 N–H and O–H groups in total. The number of aromatic nitrogens is 4. The lowest BCUT2D eigenvalue weighted by Crippen LogP contribution is -1.97. The van der Waals surface area contributed by atoms with Crippen molar-refractivity contribution in [1.29, 1.82) is 0 Å². The number of fused-ring (bicyclic) bond motifs is 1. The molecule has 7 aromatic rings. The third-order valence-electron chi connectivity index (χ3n) is 6.97. The molecule has 0 atom stereocenters. The van der Waals surface area contributed by atoms with Crippen LogP contribution in [-0.2, 0) is 0 Å². The third-order valence-corrected chi connectivity index (χ3v) is 6.97. The van der Waals surface area contributed by atoms with Crippen LogP contribution in [0.15, 0.2) is 146 Å². The van der Waals surface area contributed by atoms with Crippen molar-refractivity contribution >= 4 is 10.9 Å². The molecule has 0 amide bonds. The maximum atomic E-state index is 5.16. The number of hydrogen-bond acceptors (Lipinski definition) is 4. The van der Waals surface area contributed by atoms with E-state index in [2.05, 4.69) is 94.9 Å². The lowest BCUT2D eigenvalue weighted by Gasteiger charge is -2.13. The van der Waals surface area contributed by atoms with E-state index in [0.29, 0.717) is 11.6 Å². The van der Waals surface area contributed by atoms with Gasteiger partial charge in [-0.05, 0) is 58.7 Å². The highest BCUT2D eigenvalue weighted by Gasteiger charge is 2.15. The zero-order chi connectivity index (χ0) is 26.7. The Morgan fingerprint density at radius 1 is 0.350 bits per heavy atom. The highest BCUT2D eigenvalue weighted by atomic mass is 14.9. The van der Waals surface area contributed by atoms with Crippen molar-refractivity contribution in [3.05, 3.63) is 146 Å². The largest absolute Gasteiger partial charge is 0.237 e. The van der Waals surface area contributed by atoms with Gasteiger partial charge in [-0.25, -0.2) is 19.9 Å². The predicted molar refractivity (Wildman–Crippen MR) is 162 cm³/mol. The molecule has 0 aliphatic heterocycles. The van der Waals surface area contributed by atoms with Gasteiger partial charge in [-0.1, -0.05) is 97.1 Å². The van der Waals surface area contributed by atoms with Crippen LogP contribution in [0, 0.1) is 0 Å². The molecule has 0 fully saturated rings. The molecule has 0 aliphatic rings. The molecule has 7 rings (SSSR count). The van der Waals surface area contributed by atoms with E-state index < -0.39 is 0 Å². The van der Waals surface area contributed by atoms with Gasteiger partial charge >= 0.3 is 0 Å². The highest BCUT2D eigenvalue weighted by molar-refractivity contribution is 5.96. The van der Waals surface area contributed by atoms with Gasteiger partial charge < -0.3 is 0 Å². The molecule has 0 unspecified atom stereocenters. The van der Waals surface area contributed by atoms with E-state index >= 15 is 0 Å². The van der Waals surface area contributed by atoms with Crippen molar-refractivity contribution in [2.75, 3.05) is 0 Å². The van der Waals surface area contributed by atoms with Crippen molar-refractivity contribution in [2.24, 2.45) is 0 Å². The number of benzene rings is 5. The summed E-state index contributed by atoms with van der Waals surface area (Å²) in [5, 5.41) is 1.01. The molecule has 0 radical (unpaired) electrons. The lowest BCUT2D eigenvalue weighted by molar-refractivity contribution is 1.17. The Morgan fingerprint density at radius 3 is 1.55 bits per heavy atom. The molecule has 0 aliphatic carbocycles. The molecule has 2 heterocycles. The molecule has 0 bridgehead atoms. The molecule has 5 aromatic carbocycles. The first kappa shape index (κ1) is 23.6. The van der Waals surface area contributed by atoms with E-state index in [1.807, 2.05) is 48.5 Å². The van der Waals surface area contributed by atoms with Crippen LogP contribution >= 0.6 is 0 Å². The fourth-order valence-corrected chi connectivity index (χ4v) is 5.02. The van der Waals surface area contributed by atoms with Gasteiger partial charge in [0.2, 0.25) is 0 Å². The Balaban J connectivity index is 1.48. The third kappa shape index (κ3) is 4.63. The molecular weight excluding hydrogens is 488 g/mol. The topological polar surface area (TPSA) is 51.6 Å². The van der Waals surface area contributed by atoms with E-state index in [9.17, 15) is 0 Å². The van der Waals surface area contributed by atoms with E-state index in [0.717, 1.165) is 55.5 Å². The molecule has 0 saturated heterocycles. The molecule has 40 heavy (non-hydrogen) atoms. The van der Waals surface area contributed by atoms with Crippen LogP contribution in [0.4, 0.5) is 0 Å². The van der Waals surface area contributed by atoms with Gasteiger partial charge in [0.05, 0.1) is 11.2 Å². The van der Waals surface area contributed by atoms with E-state index in [1.165, 1.54) is 0 Å². The first-order chi connectivity index (χ1) is 19.8. The Labute approximate surface area is 232 Å². The summed E-state index contributed by atoms with van der Waals surface area (Å²) in [6.45, 7) is 0. The monoisotopic (exact) mass is 512 g/mol. The summed E-state index contributed by atoms with van der Waals surface area (Å²) < 4.78 is 0. The van der Waals surface area contributed by atoms with Gasteiger partial charge in [0.15, 0.2) is 11.6 Å². The molecule has 0 spiro atoms. The summed E-state index contributed by atoms with van der Waals surface area (Å²) in [6, 6.07) is 45.7. The minimum atomic E-state index is 0.659. The van der Waals surface area contributed by atoms with Crippen LogP contribution in [0.2, 0.25) is 0 Å². The molecular formula is C36H24N4. The second-order valence-corrected chi connectivity index (χ2v) is 9.60. The minimum absolute atomic E-state index is 0.659. The first-order valence-electron chi connectivity index (χ1n) is 13.2. The average Bonchev–Trinajstić information content (AvgIpc) is 3.05. The molecule has 0 saturated carbocycles. The zero-order valence-corrected chi connectivity index (χ0v) is 21.6. The summed E-state index contributed by atoms with van der Waals surface area (Å²) in [5.41, 5.74) is 9.12. The second-order valence-electron chi connectivity index (χ2n) is 9.60. The van der Waals surface area contributed by atoms with Crippen molar-refractivity contribution in [2.45, 2.75) is 0 Å². The number of rotatable bonds is 5. The fraction of sp³-hybridized carbons (Fsp3) is 0. The van der Waals surface area contributed by atoms with Gasteiger partial charge in [-0.15, -0.1) is 0 Å². The van der Waals surface area contributed by atoms with Gasteiger partial charge in [-0.3, -0.25) is 0 Å². The first-order valence-corrected chi connectivity index (χ1v) is 13.2. The maximum absolute atomic E-state index is 5.16. The highest BCUT2D eigenvalue weighted by Crippen LogP contribution is 2.35. The van der Waals surface area contributed by atoms with Gasteiger partial charge in [0.1, 0.15) is 0 Å². The van der Waals surface area contributed by atoms with Crippen molar-refractivity contribution < 1.29 is 0 Å². The van der Waals surface area contributed by atoms with E-state index in [4.69, 9.17) is 9.97 Å². The SMILES string of the molecule is c1ccc(-c2cc(-c3ncccn3)cc(-c3nc(-c4ccccc4)c4ccc(-c5ccccc5)cc4n3)c2)cc1. The zero-order valence-electron chi connectivity index (χ0n) is 21.6. The van der Waals surface area contributed by atoms with Crippen LogP contribution in [0.5, 0.6) is 0 Å². The van der Waals surface area contributed by atoms with Gasteiger partial charge in [-0.2, -0.15) is 0 Å². The smallest absolute Gasteiger partial charge is 0.160 e. The summed E-state index contributed by atoms with van der Waals surface area (Å²) in [6.07, 6.45) is 3.53. The second kappa shape index (κ2) is 10.4.